The van der Waals surface area contributed by atoms with Crippen LogP contribution >= 0.6 is 0 Å². The van der Waals surface area contributed by atoms with E-state index in [0.717, 1.165) is 22.2 Å². The highest BCUT2D eigenvalue weighted by Gasteiger charge is 2.35. The molecule has 1 N–H and O–H groups in total. The second-order valence-electron chi connectivity index (χ2n) is 6.67. The van der Waals surface area contributed by atoms with Gasteiger partial charge in [-0.25, -0.2) is 4.39 Å². The monoisotopic (exact) mass is 369 g/mol. The summed E-state index contributed by atoms with van der Waals surface area (Å²) in [5, 5.41) is 4.46. The van der Waals surface area contributed by atoms with Gasteiger partial charge >= 0.3 is 0 Å². The Morgan fingerprint density at radius 1 is 0.893 bits per heavy atom. The minimum Gasteiger partial charge on any atom is -0.360 e. The fourth-order valence-electron chi connectivity index (χ4n) is 3.69. The highest BCUT2D eigenvalue weighted by molar-refractivity contribution is 6.12. The molecule has 3 aromatic carbocycles. The molecule has 0 aliphatic carbocycles. The molecule has 1 aromatic heterocycles. The molecular weight excluding hydrogens is 353 g/mol. The Balaban J connectivity index is 1.73. The van der Waals surface area contributed by atoms with Crippen molar-refractivity contribution < 1.29 is 9.18 Å². The first-order valence-electron chi connectivity index (χ1n) is 9.01. The molecule has 1 atom stereocenters. The molecule has 0 saturated heterocycles. The number of anilines is 2. The molecule has 5 heteroatoms. The number of rotatable bonds is 2. The first-order chi connectivity index (χ1) is 13.7. The molecule has 0 bridgehead atoms. The van der Waals surface area contributed by atoms with E-state index in [1.807, 2.05) is 48.5 Å². The molecule has 0 radical (unpaired) electrons. The number of amides is 1. The van der Waals surface area contributed by atoms with Crippen LogP contribution < -0.4 is 10.2 Å². The van der Waals surface area contributed by atoms with Crippen molar-refractivity contribution in [3.05, 3.63) is 102 Å². The summed E-state index contributed by atoms with van der Waals surface area (Å²) in [7, 11) is 0. The number of nitrogens with zero attached hydrogens (tertiary/aromatic N) is 2. The zero-order valence-electron chi connectivity index (χ0n) is 14.8. The van der Waals surface area contributed by atoms with Crippen LogP contribution in [-0.4, -0.2) is 10.9 Å². The van der Waals surface area contributed by atoms with Gasteiger partial charge in [-0.15, -0.1) is 0 Å². The first kappa shape index (κ1) is 16.4. The molecular formula is C23H16FN3O. The molecule has 0 fully saturated rings. The Bertz CT molecular complexity index is 1180. The van der Waals surface area contributed by atoms with Crippen LogP contribution in [0, 0.1) is 5.82 Å². The number of fused-ring (bicyclic) bond motifs is 2. The Kier molecular flexibility index (Phi) is 3.79. The van der Waals surface area contributed by atoms with Gasteiger partial charge in [0.15, 0.2) is 0 Å². The van der Waals surface area contributed by atoms with E-state index in [4.69, 9.17) is 0 Å². The largest absolute Gasteiger partial charge is 0.360 e. The topological polar surface area (TPSA) is 45.2 Å². The van der Waals surface area contributed by atoms with E-state index in [9.17, 15) is 9.18 Å². The standard InChI is InChI=1S/C23H16FN3O/c24-16-10-12-17(13-11-16)27-22(26-20-9-2-1-7-18(20)23(27)28)19-8-3-5-15-6-4-14-25-21(15)19/h1-14,22,26H. The maximum absolute atomic E-state index is 13.5. The van der Waals surface area contributed by atoms with Crippen LogP contribution in [0.3, 0.4) is 0 Å². The second-order valence-corrected chi connectivity index (χ2v) is 6.67. The van der Waals surface area contributed by atoms with E-state index in [1.165, 1.54) is 12.1 Å². The van der Waals surface area contributed by atoms with E-state index < -0.39 is 6.17 Å². The van der Waals surface area contributed by atoms with Crippen molar-refractivity contribution in [3.8, 4) is 0 Å². The van der Waals surface area contributed by atoms with Gasteiger partial charge in [0, 0.05) is 28.5 Å². The van der Waals surface area contributed by atoms with E-state index in [0.29, 0.717) is 11.3 Å². The van der Waals surface area contributed by atoms with Crippen LogP contribution in [-0.2, 0) is 0 Å². The van der Waals surface area contributed by atoms with Crippen molar-refractivity contribution in [3.63, 3.8) is 0 Å². The Hall–Kier alpha value is -3.73. The number of para-hydroxylation sites is 2. The predicted molar refractivity (Wildman–Crippen MR) is 108 cm³/mol. The molecule has 4 aromatic rings. The Morgan fingerprint density at radius 2 is 1.68 bits per heavy atom. The van der Waals surface area contributed by atoms with Crippen LogP contribution in [0.2, 0.25) is 0 Å². The van der Waals surface area contributed by atoms with Gasteiger partial charge in [-0.1, -0.05) is 36.4 Å². The molecule has 4 nitrogen and oxygen atoms in total. The number of carbonyl (C=O) groups excluding carboxylic acids is 1. The third kappa shape index (κ3) is 2.60. The summed E-state index contributed by atoms with van der Waals surface area (Å²) in [5.74, 6) is -0.483. The van der Waals surface area contributed by atoms with E-state index >= 15 is 0 Å². The van der Waals surface area contributed by atoms with Crippen molar-refractivity contribution in [1.82, 2.24) is 4.98 Å². The maximum Gasteiger partial charge on any atom is 0.262 e. The lowest BCUT2D eigenvalue weighted by Gasteiger charge is -2.38. The number of pyridine rings is 1. The van der Waals surface area contributed by atoms with Crippen molar-refractivity contribution in [2.45, 2.75) is 6.17 Å². The third-order valence-electron chi connectivity index (χ3n) is 4.99. The summed E-state index contributed by atoms with van der Waals surface area (Å²) in [6.07, 6.45) is 1.28. The number of nitrogens with one attached hydrogen (secondary N) is 1. The van der Waals surface area contributed by atoms with E-state index in [-0.39, 0.29) is 11.7 Å². The molecule has 1 unspecified atom stereocenters. The van der Waals surface area contributed by atoms with Crippen LogP contribution in [0.5, 0.6) is 0 Å². The number of carbonyl (C=O) groups is 1. The van der Waals surface area contributed by atoms with Gasteiger partial charge < -0.3 is 5.32 Å². The number of aromatic nitrogens is 1. The van der Waals surface area contributed by atoms with Gasteiger partial charge in [-0.05, 0) is 42.5 Å². The molecule has 0 saturated carbocycles. The van der Waals surface area contributed by atoms with Crippen LogP contribution in [0.25, 0.3) is 10.9 Å². The van der Waals surface area contributed by atoms with Crippen molar-refractivity contribution in [2.24, 2.45) is 0 Å². The van der Waals surface area contributed by atoms with Gasteiger partial charge in [-0.3, -0.25) is 14.7 Å². The summed E-state index contributed by atoms with van der Waals surface area (Å²) in [6, 6.07) is 23.2. The lowest BCUT2D eigenvalue weighted by atomic mass is 10.0. The van der Waals surface area contributed by atoms with Gasteiger partial charge in [0.2, 0.25) is 0 Å². The molecule has 28 heavy (non-hydrogen) atoms. The average Bonchev–Trinajstić information content (AvgIpc) is 2.74. The summed E-state index contributed by atoms with van der Waals surface area (Å²) >= 11 is 0. The summed E-state index contributed by atoms with van der Waals surface area (Å²) in [4.78, 5) is 19.6. The predicted octanol–water partition coefficient (Wildman–Crippen LogP) is 5.15. The smallest absolute Gasteiger partial charge is 0.262 e. The maximum atomic E-state index is 13.5. The molecule has 5 rings (SSSR count). The Morgan fingerprint density at radius 3 is 2.54 bits per heavy atom. The molecule has 136 valence electrons. The summed E-state index contributed by atoms with van der Waals surface area (Å²) in [5.41, 5.74) is 3.67. The number of benzene rings is 3. The van der Waals surface area contributed by atoms with E-state index in [2.05, 4.69) is 10.3 Å². The van der Waals surface area contributed by atoms with Crippen molar-refractivity contribution >= 4 is 28.2 Å². The summed E-state index contributed by atoms with van der Waals surface area (Å²) < 4.78 is 13.5. The zero-order chi connectivity index (χ0) is 19.1. The average molecular weight is 369 g/mol. The minimum atomic E-state index is -0.466. The molecule has 1 amide bonds. The first-order valence-corrected chi connectivity index (χ1v) is 9.01. The van der Waals surface area contributed by atoms with Crippen LogP contribution in [0.15, 0.2) is 85.1 Å². The molecule has 2 heterocycles. The number of hydrogen-bond acceptors (Lipinski definition) is 3. The normalized spacial score (nSPS) is 16.0. The highest BCUT2D eigenvalue weighted by atomic mass is 19.1. The summed E-state index contributed by atoms with van der Waals surface area (Å²) in [6.45, 7) is 0. The van der Waals surface area contributed by atoms with Crippen LogP contribution in [0.1, 0.15) is 22.1 Å². The third-order valence-corrected chi connectivity index (χ3v) is 4.99. The molecule has 1 aliphatic rings. The van der Waals surface area contributed by atoms with Gasteiger partial charge in [0.25, 0.3) is 5.91 Å². The zero-order valence-corrected chi connectivity index (χ0v) is 14.8. The number of halogens is 1. The lowest BCUT2D eigenvalue weighted by Crippen LogP contribution is -2.43. The van der Waals surface area contributed by atoms with Gasteiger partial charge in [0.05, 0.1) is 11.1 Å². The number of hydrogen-bond donors (Lipinski definition) is 1. The SMILES string of the molecule is O=C1c2ccccc2NC(c2cccc3cccnc23)N1c1ccc(F)cc1. The fourth-order valence-corrected chi connectivity index (χ4v) is 3.69. The van der Waals surface area contributed by atoms with Crippen molar-refractivity contribution in [1.29, 1.82) is 0 Å². The quantitative estimate of drug-likeness (QED) is 0.532. The molecule has 0 spiro atoms. The molecule has 1 aliphatic heterocycles. The lowest BCUT2D eigenvalue weighted by molar-refractivity contribution is 0.0975. The van der Waals surface area contributed by atoms with Crippen molar-refractivity contribution in [2.75, 3.05) is 10.2 Å². The van der Waals surface area contributed by atoms with E-state index in [1.54, 1.807) is 29.3 Å². The van der Waals surface area contributed by atoms with Gasteiger partial charge in [0.1, 0.15) is 12.0 Å². The van der Waals surface area contributed by atoms with Crippen LogP contribution in [0.4, 0.5) is 15.8 Å². The minimum absolute atomic E-state index is 0.140. The fraction of sp³-hybridized carbons (Fsp3) is 0.0435. The highest BCUT2D eigenvalue weighted by Crippen LogP contribution is 2.38. The van der Waals surface area contributed by atoms with Gasteiger partial charge in [-0.2, -0.15) is 0 Å². The second kappa shape index (κ2) is 6.46. The Labute approximate surface area is 161 Å².